The van der Waals surface area contributed by atoms with Crippen molar-refractivity contribution in [1.82, 2.24) is 5.32 Å². The van der Waals surface area contributed by atoms with E-state index in [-0.39, 0.29) is 6.61 Å². The standard InChI is InChI=1S/C14H19F2NO3/c1-18-12-6-11(9-3-4-17-7-9)13(19-2)5-10(12)8-20-14(15)16/h5-6,9,14,17H,3-4,7-8H2,1-2H3/t9-/m1/s1. The largest absolute Gasteiger partial charge is 0.496 e. The first-order valence-corrected chi connectivity index (χ1v) is 6.51. The summed E-state index contributed by atoms with van der Waals surface area (Å²) in [6.07, 6.45) is 1.02. The highest BCUT2D eigenvalue weighted by molar-refractivity contribution is 5.48. The van der Waals surface area contributed by atoms with Crippen LogP contribution in [0, 0.1) is 0 Å². The number of ether oxygens (including phenoxy) is 3. The van der Waals surface area contributed by atoms with Gasteiger partial charge < -0.3 is 19.5 Å². The molecule has 0 saturated carbocycles. The molecule has 20 heavy (non-hydrogen) atoms. The van der Waals surface area contributed by atoms with Crippen LogP contribution in [0.2, 0.25) is 0 Å². The fraction of sp³-hybridized carbons (Fsp3) is 0.571. The van der Waals surface area contributed by atoms with Gasteiger partial charge in [-0.3, -0.25) is 0 Å². The quantitative estimate of drug-likeness (QED) is 0.872. The molecule has 1 aliphatic rings. The summed E-state index contributed by atoms with van der Waals surface area (Å²) in [5.74, 6) is 1.59. The Bertz CT molecular complexity index is 448. The molecule has 1 saturated heterocycles. The zero-order valence-electron chi connectivity index (χ0n) is 11.6. The van der Waals surface area contributed by atoms with Crippen LogP contribution in [0.25, 0.3) is 0 Å². The van der Waals surface area contributed by atoms with Crippen LogP contribution in [-0.2, 0) is 11.3 Å². The van der Waals surface area contributed by atoms with Gasteiger partial charge in [0.25, 0.3) is 0 Å². The molecule has 1 heterocycles. The summed E-state index contributed by atoms with van der Waals surface area (Å²) in [7, 11) is 3.09. The van der Waals surface area contributed by atoms with Crippen LogP contribution in [-0.4, -0.2) is 33.9 Å². The van der Waals surface area contributed by atoms with E-state index < -0.39 is 6.61 Å². The summed E-state index contributed by atoms with van der Waals surface area (Å²) in [6.45, 7) is -1.16. The zero-order chi connectivity index (χ0) is 14.5. The number of benzene rings is 1. The Labute approximate surface area is 117 Å². The van der Waals surface area contributed by atoms with E-state index >= 15 is 0 Å². The van der Waals surface area contributed by atoms with Crippen molar-refractivity contribution in [3.05, 3.63) is 23.3 Å². The summed E-state index contributed by atoms with van der Waals surface area (Å²) in [6, 6.07) is 3.58. The Hall–Kier alpha value is -1.40. The first kappa shape index (κ1) is 15.0. The molecule has 0 bridgehead atoms. The number of rotatable bonds is 6. The molecule has 0 aliphatic carbocycles. The lowest BCUT2D eigenvalue weighted by Crippen LogP contribution is -2.10. The lowest BCUT2D eigenvalue weighted by Gasteiger charge is -2.18. The first-order chi connectivity index (χ1) is 9.65. The highest BCUT2D eigenvalue weighted by Gasteiger charge is 2.22. The molecule has 1 aliphatic heterocycles. The van der Waals surface area contributed by atoms with Crippen molar-refractivity contribution in [1.29, 1.82) is 0 Å². The molecular formula is C14H19F2NO3. The maximum atomic E-state index is 12.2. The van der Waals surface area contributed by atoms with Crippen molar-refractivity contribution in [3.8, 4) is 11.5 Å². The highest BCUT2D eigenvalue weighted by atomic mass is 19.3. The zero-order valence-corrected chi connectivity index (χ0v) is 11.6. The van der Waals surface area contributed by atoms with Crippen molar-refractivity contribution in [2.24, 2.45) is 0 Å². The van der Waals surface area contributed by atoms with Gasteiger partial charge in [0, 0.05) is 23.6 Å². The van der Waals surface area contributed by atoms with Crippen molar-refractivity contribution in [2.45, 2.75) is 25.6 Å². The predicted molar refractivity (Wildman–Crippen MR) is 70.6 cm³/mol. The second-order valence-corrected chi connectivity index (χ2v) is 4.67. The van der Waals surface area contributed by atoms with Gasteiger partial charge in [0.2, 0.25) is 0 Å². The third-order valence-electron chi connectivity index (χ3n) is 3.50. The molecule has 0 unspecified atom stereocenters. The van der Waals surface area contributed by atoms with Crippen LogP contribution in [0.3, 0.4) is 0 Å². The Morgan fingerprint density at radius 1 is 1.25 bits per heavy atom. The molecule has 0 spiro atoms. The first-order valence-electron chi connectivity index (χ1n) is 6.51. The van der Waals surface area contributed by atoms with Gasteiger partial charge >= 0.3 is 6.61 Å². The molecule has 0 aromatic heterocycles. The van der Waals surface area contributed by atoms with E-state index in [9.17, 15) is 8.78 Å². The molecule has 0 radical (unpaired) electrons. The Morgan fingerprint density at radius 2 is 2.00 bits per heavy atom. The van der Waals surface area contributed by atoms with Crippen LogP contribution < -0.4 is 14.8 Å². The molecule has 1 atom stereocenters. The van der Waals surface area contributed by atoms with Crippen LogP contribution in [0.4, 0.5) is 8.78 Å². The molecule has 1 aromatic rings. The van der Waals surface area contributed by atoms with Crippen molar-refractivity contribution >= 4 is 0 Å². The number of hydrogen-bond acceptors (Lipinski definition) is 4. The minimum atomic E-state index is -2.80. The summed E-state index contributed by atoms with van der Waals surface area (Å²) in [4.78, 5) is 0. The topological polar surface area (TPSA) is 39.7 Å². The third kappa shape index (κ3) is 3.37. The lowest BCUT2D eigenvalue weighted by molar-refractivity contribution is -0.137. The van der Waals surface area contributed by atoms with Crippen LogP contribution in [0.15, 0.2) is 12.1 Å². The number of alkyl halides is 2. The Balaban J connectivity index is 2.29. The smallest absolute Gasteiger partial charge is 0.345 e. The third-order valence-corrected chi connectivity index (χ3v) is 3.50. The molecular weight excluding hydrogens is 268 g/mol. The van der Waals surface area contributed by atoms with Gasteiger partial charge in [-0.2, -0.15) is 8.78 Å². The van der Waals surface area contributed by atoms with Crippen molar-refractivity contribution < 1.29 is 23.0 Å². The van der Waals surface area contributed by atoms with Crippen LogP contribution in [0.5, 0.6) is 11.5 Å². The molecule has 1 N–H and O–H groups in total. The van der Waals surface area contributed by atoms with E-state index in [0.29, 0.717) is 23.0 Å². The molecule has 1 fully saturated rings. The lowest BCUT2D eigenvalue weighted by atomic mass is 9.95. The second-order valence-electron chi connectivity index (χ2n) is 4.67. The number of hydrogen-bond donors (Lipinski definition) is 1. The molecule has 1 aromatic carbocycles. The van der Waals surface area contributed by atoms with Crippen LogP contribution in [0.1, 0.15) is 23.5 Å². The fourth-order valence-electron chi connectivity index (χ4n) is 2.49. The van der Waals surface area contributed by atoms with Gasteiger partial charge in [-0.05, 0) is 25.1 Å². The SMILES string of the molecule is COc1cc([C@@H]2CCNC2)c(OC)cc1COC(F)F. The van der Waals surface area contributed by atoms with E-state index in [4.69, 9.17) is 9.47 Å². The summed E-state index contributed by atoms with van der Waals surface area (Å²) in [5.41, 5.74) is 1.59. The van der Waals surface area contributed by atoms with E-state index in [1.54, 1.807) is 13.2 Å². The van der Waals surface area contributed by atoms with E-state index in [1.807, 2.05) is 6.07 Å². The van der Waals surface area contributed by atoms with Gasteiger partial charge in [-0.15, -0.1) is 0 Å². The van der Waals surface area contributed by atoms with Gasteiger partial charge in [0.1, 0.15) is 11.5 Å². The number of halogens is 2. The van der Waals surface area contributed by atoms with Gasteiger partial charge in [-0.1, -0.05) is 0 Å². The number of nitrogens with one attached hydrogen (secondary N) is 1. The van der Waals surface area contributed by atoms with E-state index in [1.165, 1.54) is 7.11 Å². The minimum Gasteiger partial charge on any atom is -0.496 e. The van der Waals surface area contributed by atoms with E-state index in [2.05, 4.69) is 10.1 Å². The highest BCUT2D eigenvalue weighted by Crippen LogP contribution is 2.36. The van der Waals surface area contributed by atoms with Crippen LogP contribution >= 0.6 is 0 Å². The van der Waals surface area contributed by atoms with E-state index in [0.717, 1.165) is 25.1 Å². The molecule has 2 rings (SSSR count). The summed E-state index contributed by atoms with van der Waals surface area (Å²) in [5, 5.41) is 3.29. The second kappa shape index (κ2) is 6.85. The van der Waals surface area contributed by atoms with Gasteiger partial charge in [0.05, 0.1) is 20.8 Å². The summed E-state index contributed by atoms with van der Waals surface area (Å²) >= 11 is 0. The number of methoxy groups -OCH3 is 2. The monoisotopic (exact) mass is 287 g/mol. The summed E-state index contributed by atoms with van der Waals surface area (Å²) < 4.78 is 39.3. The van der Waals surface area contributed by atoms with Crippen molar-refractivity contribution in [2.75, 3.05) is 27.3 Å². The molecule has 112 valence electrons. The van der Waals surface area contributed by atoms with Gasteiger partial charge in [-0.25, -0.2) is 0 Å². The van der Waals surface area contributed by atoms with Gasteiger partial charge in [0.15, 0.2) is 0 Å². The molecule has 4 nitrogen and oxygen atoms in total. The molecule has 6 heteroatoms. The Kier molecular flexibility index (Phi) is 5.14. The minimum absolute atomic E-state index is 0.208. The predicted octanol–water partition coefficient (Wildman–Crippen LogP) is 2.52. The van der Waals surface area contributed by atoms with Crippen molar-refractivity contribution in [3.63, 3.8) is 0 Å². The maximum absolute atomic E-state index is 12.2. The average Bonchev–Trinajstić information content (AvgIpc) is 2.98. The molecule has 0 amide bonds. The normalized spacial score (nSPS) is 18.6. The average molecular weight is 287 g/mol. The fourth-order valence-corrected chi connectivity index (χ4v) is 2.49. The Morgan fingerprint density at radius 3 is 2.55 bits per heavy atom. The maximum Gasteiger partial charge on any atom is 0.345 e.